The average Bonchev–Trinajstić information content (AvgIpc) is 3.14. The summed E-state index contributed by atoms with van der Waals surface area (Å²) in [7, 11) is 0. The number of thioether (sulfide) groups is 1. The van der Waals surface area contributed by atoms with Gasteiger partial charge in [-0.15, -0.1) is 0 Å². The molecule has 1 heterocycles. The molecular formula is C44H38N4S. The molecule has 0 aliphatic carbocycles. The van der Waals surface area contributed by atoms with Crippen LogP contribution in [0.15, 0.2) is 152 Å². The highest BCUT2D eigenvalue weighted by Crippen LogP contribution is 2.36. The summed E-state index contributed by atoms with van der Waals surface area (Å²) >= 11 is 1.37. The first-order valence-electron chi connectivity index (χ1n) is 16.5. The van der Waals surface area contributed by atoms with Crippen molar-refractivity contribution in [2.24, 2.45) is 5.73 Å². The minimum Gasteiger partial charge on any atom is -0.315 e. The van der Waals surface area contributed by atoms with Crippen molar-refractivity contribution in [1.82, 2.24) is 9.97 Å². The van der Waals surface area contributed by atoms with Gasteiger partial charge in [-0.05, 0) is 62.7 Å². The molecule has 0 aliphatic rings. The van der Waals surface area contributed by atoms with E-state index in [4.69, 9.17) is 21.1 Å². The summed E-state index contributed by atoms with van der Waals surface area (Å²) in [5.41, 5.74) is 16.8. The molecule has 240 valence electrons. The number of rotatable bonds is 7. The van der Waals surface area contributed by atoms with Gasteiger partial charge in [0.1, 0.15) is 0 Å². The number of hydrogen-bond acceptors (Lipinski definition) is 5. The maximum atomic E-state index is 8.90. The third-order valence-electron chi connectivity index (χ3n) is 8.77. The molecule has 7 aromatic rings. The van der Waals surface area contributed by atoms with E-state index >= 15 is 0 Å². The summed E-state index contributed by atoms with van der Waals surface area (Å²) in [6.45, 7) is 6.56. The topological polar surface area (TPSA) is 75.7 Å². The molecule has 0 aliphatic heterocycles. The summed E-state index contributed by atoms with van der Waals surface area (Å²) in [5, 5.41) is 11.1. The molecule has 0 radical (unpaired) electrons. The number of aromatic nitrogens is 2. The number of nitrogens with zero attached hydrogens (tertiary/aromatic N) is 2. The fourth-order valence-corrected chi connectivity index (χ4v) is 6.82. The van der Waals surface area contributed by atoms with E-state index in [0.717, 1.165) is 61.1 Å². The molecule has 0 saturated carbocycles. The lowest BCUT2D eigenvalue weighted by Gasteiger charge is -2.20. The molecule has 7 rings (SSSR count). The van der Waals surface area contributed by atoms with Crippen LogP contribution in [0.5, 0.6) is 0 Å². The lowest BCUT2D eigenvalue weighted by molar-refractivity contribution is 0.590. The summed E-state index contributed by atoms with van der Waals surface area (Å²) in [6.07, 6.45) is 0. The first kappa shape index (κ1) is 32.2. The normalized spacial score (nSPS) is 12.2. The zero-order valence-electron chi connectivity index (χ0n) is 27.9. The monoisotopic (exact) mass is 654 g/mol. The fourth-order valence-electron chi connectivity index (χ4n) is 6.02. The summed E-state index contributed by atoms with van der Waals surface area (Å²) in [5.74, 6) is 0.671. The molecule has 0 spiro atoms. The molecular weight excluding hydrogens is 617 g/mol. The Labute approximate surface area is 292 Å². The van der Waals surface area contributed by atoms with Gasteiger partial charge >= 0.3 is 0 Å². The van der Waals surface area contributed by atoms with Gasteiger partial charge in [0.15, 0.2) is 5.82 Å². The zero-order valence-corrected chi connectivity index (χ0v) is 28.7. The van der Waals surface area contributed by atoms with E-state index in [2.05, 4.69) is 124 Å². The van der Waals surface area contributed by atoms with Crippen LogP contribution in [-0.2, 0) is 5.41 Å². The van der Waals surface area contributed by atoms with Gasteiger partial charge in [0.2, 0.25) is 0 Å². The number of nitrogens with one attached hydrogen (secondary N) is 1. The van der Waals surface area contributed by atoms with Gasteiger partial charge in [-0.3, -0.25) is 5.41 Å². The molecule has 5 heteroatoms. The SMILES string of the molecule is CC(C)(C)c1cccc(C(=N)SC(N)c2ccc3cccc(-c4cc(-c5cccc(-c6ccccc6)c5)nc(-c5ccccc5)n4)c3c2)c1. The number of benzene rings is 6. The highest BCUT2D eigenvalue weighted by atomic mass is 32.2. The Morgan fingerprint density at radius 3 is 2.02 bits per heavy atom. The second kappa shape index (κ2) is 13.6. The maximum absolute atomic E-state index is 8.90. The van der Waals surface area contributed by atoms with Gasteiger partial charge in [0.05, 0.1) is 21.8 Å². The van der Waals surface area contributed by atoms with Gasteiger partial charge in [0.25, 0.3) is 0 Å². The maximum Gasteiger partial charge on any atom is 0.160 e. The standard InChI is InChI=1S/C44H38N4S/c1-44(2,3)36-21-11-20-34(26-36)41(45)49-42(46)35-24-23-30-17-12-22-37(38(30)27-35)40-28-39(47-43(48-40)31-15-8-5-9-16-31)33-19-10-18-32(25-33)29-13-6-4-7-14-29/h4-28,42,45H,46H2,1-3H3. The minimum atomic E-state index is -0.412. The van der Waals surface area contributed by atoms with Gasteiger partial charge < -0.3 is 5.73 Å². The smallest absolute Gasteiger partial charge is 0.160 e. The van der Waals surface area contributed by atoms with E-state index < -0.39 is 5.37 Å². The van der Waals surface area contributed by atoms with Crippen LogP contribution in [0, 0.1) is 5.41 Å². The highest BCUT2D eigenvalue weighted by molar-refractivity contribution is 8.14. The molecule has 1 aromatic heterocycles. The molecule has 0 amide bonds. The Kier molecular flexibility index (Phi) is 8.96. The fraction of sp³-hybridized carbons (Fsp3) is 0.114. The van der Waals surface area contributed by atoms with Gasteiger partial charge in [-0.2, -0.15) is 0 Å². The van der Waals surface area contributed by atoms with Crippen LogP contribution in [-0.4, -0.2) is 15.0 Å². The predicted molar refractivity (Wildman–Crippen MR) is 208 cm³/mol. The Morgan fingerprint density at radius 1 is 0.612 bits per heavy atom. The third-order valence-corrected chi connectivity index (χ3v) is 9.77. The van der Waals surface area contributed by atoms with Crippen molar-refractivity contribution in [3.8, 4) is 45.0 Å². The van der Waals surface area contributed by atoms with Crippen molar-refractivity contribution in [3.05, 3.63) is 168 Å². The van der Waals surface area contributed by atoms with Crippen molar-refractivity contribution in [1.29, 1.82) is 5.41 Å². The van der Waals surface area contributed by atoms with E-state index in [9.17, 15) is 0 Å². The summed E-state index contributed by atoms with van der Waals surface area (Å²) < 4.78 is 0. The Bertz CT molecular complexity index is 2270. The van der Waals surface area contributed by atoms with E-state index in [-0.39, 0.29) is 5.41 Å². The Morgan fingerprint density at radius 2 is 1.27 bits per heavy atom. The van der Waals surface area contributed by atoms with E-state index in [1.165, 1.54) is 17.3 Å². The molecule has 1 atom stereocenters. The van der Waals surface area contributed by atoms with Crippen molar-refractivity contribution < 1.29 is 0 Å². The van der Waals surface area contributed by atoms with Crippen LogP contribution < -0.4 is 5.73 Å². The van der Waals surface area contributed by atoms with Crippen LogP contribution in [0.4, 0.5) is 0 Å². The van der Waals surface area contributed by atoms with Crippen LogP contribution in [0.1, 0.15) is 42.8 Å². The number of hydrogen-bond donors (Lipinski definition) is 2. The van der Waals surface area contributed by atoms with Gasteiger partial charge in [0, 0.05) is 22.3 Å². The molecule has 3 N–H and O–H groups in total. The highest BCUT2D eigenvalue weighted by Gasteiger charge is 2.18. The van der Waals surface area contributed by atoms with Crippen LogP contribution in [0.3, 0.4) is 0 Å². The summed E-state index contributed by atoms with van der Waals surface area (Å²) in [4.78, 5) is 10.2. The number of fused-ring (bicyclic) bond motifs is 1. The minimum absolute atomic E-state index is 0.00372. The quantitative estimate of drug-likeness (QED) is 0.102. The van der Waals surface area contributed by atoms with Gasteiger partial charge in [-0.1, -0.05) is 160 Å². The first-order chi connectivity index (χ1) is 23.7. The average molecular weight is 655 g/mol. The second-order valence-electron chi connectivity index (χ2n) is 13.3. The van der Waals surface area contributed by atoms with E-state index in [1.807, 2.05) is 48.5 Å². The van der Waals surface area contributed by atoms with Crippen LogP contribution in [0.25, 0.3) is 55.8 Å². The van der Waals surface area contributed by atoms with E-state index in [1.54, 1.807) is 0 Å². The van der Waals surface area contributed by atoms with Crippen LogP contribution in [0.2, 0.25) is 0 Å². The molecule has 1 unspecified atom stereocenters. The lowest BCUT2D eigenvalue weighted by atomic mass is 9.86. The van der Waals surface area contributed by atoms with Crippen molar-refractivity contribution in [2.75, 3.05) is 0 Å². The predicted octanol–water partition coefficient (Wildman–Crippen LogP) is 11.3. The zero-order chi connectivity index (χ0) is 34.0. The Balaban J connectivity index is 1.29. The molecule has 0 saturated heterocycles. The van der Waals surface area contributed by atoms with E-state index in [0.29, 0.717) is 10.9 Å². The third kappa shape index (κ3) is 7.09. The first-order valence-corrected chi connectivity index (χ1v) is 17.4. The lowest BCUT2D eigenvalue weighted by Crippen LogP contribution is -2.13. The Hall–Kier alpha value is -5.36. The van der Waals surface area contributed by atoms with Crippen LogP contribution >= 0.6 is 11.8 Å². The largest absolute Gasteiger partial charge is 0.315 e. The number of nitrogens with two attached hydrogens (primary N) is 1. The molecule has 4 nitrogen and oxygen atoms in total. The summed E-state index contributed by atoms with van der Waals surface area (Å²) in [6, 6.07) is 52.0. The molecule has 0 fully saturated rings. The molecule has 49 heavy (non-hydrogen) atoms. The second-order valence-corrected chi connectivity index (χ2v) is 14.4. The van der Waals surface area contributed by atoms with Crippen molar-refractivity contribution in [3.63, 3.8) is 0 Å². The van der Waals surface area contributed by atoms with Crippen molar-refractivity contribution >= 4 is 27.6 Å². The van der Waals surface area contributed by atoms with Crippen molar-refractivity contribution in [2.45, 2.75) is 31.6 Å². The van der Waals surface area contributed by atoms with Gasteiger partial charge in [-0.25, -0.2) is 9.97 Å². The molecule has 6 aromatic carbocycles. The molecule has 0 bridgehead atoms.